The fraction of sp³-hybridized carbons (Fsp3) is 0.364. The van der Waals surface area contributed by atoms with Gasteiger partial charge < -0.3 is 10.1 Å². The number of alkyl halides is 1. The van der Waals surface area contributed by atoms with Gasteiger partial charge in [0.05, 0.1) is 12.8 Å². The van der Waals surface area contributed by atoms with Crippen molar-refractivity contribution in [2.45, 2.75) is 13.3 Å². The van der Waals surface area contributed by atoms with Gasteiger partial charge in [0.1, 0.15) is 5.75 Å². The van der Waals surface area contributed by atoms with Gasteiger partial charge in [0.25, 0.3) is 0 Å². The Morgan fingerprint density at radius 3 is 2.75 bits per heavy atom. The van der Waals surface area contributed by atoms with Crippen LogP contribution in [0.3, 0.4) is 0 Å². The zero-order chi connectivity index (χ0) is 12.1. The number of methoxy groups -OCH3 is 1. The predicted molar refractivity (Wildman–Crippen MR) is 66.7 cm³/mol. The third kappa shape index (κ3) is 3.29. The first-order chi connectivity index (χ1) is 7.58. The molecule has 1 aromatic rings. The molecule has 0 unspecified atom stereocenters. The molecule has 0 aliphatic rings. The normalized spacial score (nSPS) is 10.0. The van der Waals surface area contributed by atoms with Crippen molar-refractivity contribution < 1.29 is 9.53 Å². The minimum Gasteiger partial charge on any atom is -0.495 e. The lowest BCUT2D eigenvalue weighted by molar-refractivity contribution is -0.115. The van der Waals surface area contributed by atoms with Crippen molar-refractivity contribution in [3.63, 3.8) is 0 Å². The average Bonchev–Trinajstić information content (AvgIpc) is 2.23. The number of carbonyl (C=O) groups excluding carboxylic acids is 1. The molecule has 0 aliphatic heterocycles. The summed E-state index contributed by atoms with van der Waals surface area (Å²) in [5, 5.41) is 3.33. The predicted octanol–water partition coefficient (Wildman–Crippen LogP) is 3.22. The number of ether oxygens (including phenoxy) is 1. The molecule has 16 heavy (non-hydrogen) atoms. The maximum Gasteiger partial charge on any atom is 0.225 e. The molecule has 88 valence electrons. The number of halogens is 2. The van der Waals surface area contributed by atoms with Gasteiger partial charge in [-0.05, 0) is 18.6 Å². The van der Waals surface area contributed by atoms with E-state index in [1.165, 1.54) is 7.11 Å². The van der Waals surface area contributed by atoms with Crippen LogP contribution in [0.1, 0.15) is 12.0 Å². The molecule has 1 N–H and O–H groups in total. The summed E-state index contributed by atoms with van der Waals surface area (Å²) in [5.74, 6) is 0.689. The highest BCUT2D eigenvalue weighted by Gasteiger charge is 2.09. The number of rotatable bonds is 4. The Balaban J connectivity index is 2.94. The van der Waals surface area contributed by atoms with Gasteiger partial charge in [-0.15, -0.1) is 11.6 Å². The quantitative estimate of drug-likeness (QED) is 0.846. The second kappa shape index (κ2) is 5.97. The first-order valence-corrected chi connectivity index (χ1v) is 5.69. The molecular formula is C11H13Cl2NO2. The third-order valence-electron chi connectivity index (χ3n) is 2.08. The van der Waals surface area contributed by atoms with E-state index in [4.69, 9.17) is 27.9 Å². The van der Waals surface area contributed by atoms with Crippen LogP contribution in [0.2, 0.25) is 5.02 Å². The van der Waals surface area contributed by atoms with Crippen molar-refractivity contribution in [2.24, 2.45) is 0 Å². The standard InChI is InChI=1S/C11H13Cl2NO2/c1-7-5-9(14-11(15)3-4-12)10(16-2)6-8(7)13/h5-6H,3-4H2,1-2H3,(H,14,15). The van der Waals surface area contributed by atoms with Crippen LogP contribution in [0.5, 0.6) is 5.75 Å². The Bertz CT molecular complexity index is 394. The highest BCUT2D eigenvalue weighted by atomic mass is 35.5. The Morgan fingerprint density at radius 1 is 1.50 bits per heavy atom. The highest BCUT2D eigenvalue weighted by Crippen LogP contribution is 2.30. The van der Waals surface area contributed by atoms with E-state index in [1.54, 1.807) is 12.1 Å². The number of benzene rings is 1. The Morgan fingerprint density at radius 2 is 2.19 bits per heavy atom. The molecule has 0 atom stereocenters. The maximum absolute atomic E-state index is 11.4. The SMILES string of the molecule is COc1cc(Cl)c(C)cc1NC(=O)CCCl. The van der Waals surface area contributed by atoms with Crippen molar-refractivity contribution in [2.75, 3.05) is 18.3 Å². The van der Waals surface area contributed by atoms with Crippen molar-refractivity contribution >= 4 is 34.8 Å². The smallest absolute Gasteiger partial charge is 0.225 e. The van der Waals surface area contributed by atoms with E-state index in [2.05, 4.69) is 5.32 Å². The lowest BCUT2D eigenvalue weighted by Gasteiger charge is -2.11. The van der Waals surface area contributed by atoms with Crippen LogP contribution in [0.15, 0.2) is 12.1 Å². The lowest BCUT2D eigenvalue weighted by atomic mass is 10.2. The number of hydrogen-bond acceptors (Lipinski definition) is 2. The summed E-state index contributed by atoms with van der Waals surface area (Å²) in [5.41, 5.74) is 1.49. The molecule has 0 spiro atoms. The fourth-order valence-corrected chi connectivity index (χ4v) is 1.55. The zero-order valence-electron chi connectivity index (χ0n) is 9.14. The topological polar surface area (TPSA) is 38.3 Å². The first kappa shape index (κ1) is 13.1. The number of nitrogens with one attached hydrogen (secondary N) is 1. The summed E-state index contributed by atoms with van der Waals surface area (Å²) in [6.45, 7) is 1.86. The number of carbonyl (C=O) groups is 1. The second-order valence-electron chi connectivity index (χ2n) is 3.29. The molecule has 0 aliphatic carbocycles. The van der Waals surface area contributed by atoms with Gasteiger partial charge in [0.2, 0.25) is 5.91 Å². The van der Waals surface area contributed by atoms with E-state index in [9.17, 15) is 4.79 Å². The van der Waals surface area contributed by atoms with Gasteiger partial charge in [0, 0.05) is 23.4 Å². The molecular weight excluding hydrogens is 249 g/mol. The van der Waals surface area contributed by atoms with Crippen molar-refractivity contribution in [1.29, 1.82) is 0 Å². The van der Waals surface area contributed by atoms with Gasteiger partial charge in [-0.1, -0.05) is 11.6 Å². The van der Waals surface area contributed by atoms with Gasteiger partial charge in [0.15, 0.2) is 0 Å². The number of hydrogen-bond donors (Lipinski definition) is 1. The van der Waals surface area contributed by atoms with Crippen molar-refractivity contribution in [3.8, 4) is 5.75 Å². The zero-order valence-corrected chi connectivity index (χ0v) is 10.7. The third-order valence-corrected chi connectivity index (χ3v) is 2.67. The van der Waals surface area contributed by atoms with Crippen LogP contribution >= 0.6 is 23.2 Å². The summed E-state index contributed by atoms with van der Waals surface area (Å²) in [7, 11) is 1.53. The van der Waals surface area contributed by atoms with E-state index in [-0.39, 0.29) is 12.3 Å². The fourth-order valence-electron chi connectivity index (χ4n) is 1.23. The average molecular weight is 262 g/mol. The summed E-state index contributed by atoms with van der Waals surface area (Å²) in [6, 6.07) is 3.44. The molecule has 1 rings (SSSR count). The van der Waals surface area contributed by atoms with E-state index < -0.39 is 0 Å². The molecule has 3 nitrogen and oxygen atoms in total. The molecule has 0 aromatic heterocycles. The minimum absolute atomic E-state index is 0.143. The van der Waals surface area contributed by atoms with Crippen LogP contribution in [-0.2, 0) is 4.79 Å². The lowest BCUT2D eigenvalue weighted by Crippen LogP contribution is -2.12. The van der Waals surface area contributed by atoms with Crippen molar-refractivity contribution in [3.05, 3.63) is 22.7 Å². The summed E-state index contributed by atoms with van der Waals surface area (Å²) in [4.78, 5) is 11.4. The first-order valence-electron chi connectivity index (χ1n) is 4.78. The largest absolute Gasteiger partial charge is 0.495 e. The van der Waals surface area contributed by atoms with Crippen LogP contribution in [0, 0.1) is 6.92 Å². The molecule has 1 aromatic carbocycles. The van der Waals surface area contributed by atoms with Gasteiger partial charge in [-0.25, -0.2) is 0 Å². The minimum atomic E-state index is -0.143. The summed E-state index contributed by atoms with van der Waals surface area (Å²) >= 11 is 11.4. The van der Waals surface area contributed by atoms with Gasteiger partial charge in [-0.3, -0.25) is 4.79 Å². The van der Waals surface area contributed by atoms with E-state index in [1.807, 2.05) is 6.92 Å². The van der Waals surface area contributed by atoms with E-state index >= 15 is 0 Å². The molecule has 1 amide bonds. The number of anilines is 1. The second-order valence-corrected chi connectivity index (χ2v) is 4.07. The van der Waals surface area contributed by atoms with Gasteiger partial charge in [-0.2, -0.15) is 0 Å². The molecule has 0 bridgehead atoms. The number of amides is 1. The highest BCUT2D eigenvalue weighted by molar-refractivity contribution is 6.31. The summed E-state index contributed by atoms with van der Waals surface area (Å²) < 4.78 is 5.13. The Labute approximate surface area is 105 Å². The van der Waals surface area contributed by atoms with E-state index in [0.29, 0.717) is 22.3 Å². The summed E-state index contributed by atoms with van der Waals surface area (Å²) in [6.07, 6.45) is 0.270. The Kier molecular flexibility index (Phi) is 4.90. The van der Waals surface area contributed by atoms with Crippen LogP contribution in [-0.4, -0.2) is 18.9 Å². The molecule has 0 saturated heterocycles. The van der Waals surface area contributed by atoms with E-state index in [0.717, 1.165) is 5.56 Å². The molecule has 5 heteroatoms. The van der Waals surface area contributed by atoms with Crippen LogP contribution in [0.4, 0.5) is 5.69 Å². The van der Waals surface area contributed by atoms with Crippen LogP contribution in [0.25, 0.3) is 0 Å². The van der Waals surface area contributed by atoms with Crippen molar-refractivity contribution in [1.82, 2.24) is 0 Å². The Hall–Kier alpha value is -0.930. The molecule has 0 radical (unpaired) electrons. The monoisotopic (exact) mass is 261 g/mol. The number of aryl methyl sites for hydroxylation is 1. The van der Waals surface area contributed by atoms with Gasteiger partial charge >= 0.3 is 0 Å². The maximum atomic E-state index is 11.4. The molecule has 0 saturated carbocycles. The molecule has 0 fully saturated rings. The molecule has 0 heterocycles. The van der Waals surface area contributed by atoms with Crippen LogP contribution < -0.4 is 10.1 Å².